The van der Waals surface area contributed by atoms with Gasteiger partial charge in [-0.2, -0.15) is 4.37 Å². The molecule has 2 aromatic carbocycles. The number of carbonyl (C=O) groups is 2. The fourth-order valence-corrected chi connectivity index (χ4v) is 3.55. The molecule has 0 saturated heterocycles. The molecule has 0 atom stereocenters. The summed E-state index contributed by atoms with van der Waals surface area (Å²) in [5, 5.41) is 0.881. The zero-order valence-corrected chi connectivity index (χ0v) is 13.3. The number of aromatic nitrogens is 1. The minimum Gasteiger partial charge on any atom is -0.409 e. The second-order valence-electron chi connectivity index (χ2n) is 5.48. The van der Waals surface area contributed by atoms with Crippen LogP contribution in [0, 0.1) is 0 Å². The number of fused-ring (bicyclic) bond motifs is 2. The first-order chi connectivity index (χ1) is 11.1. The normalized spacial score (nSPS) is 12.2. The fraction of sp³-hybridized carbons (Fsp3) is 0.118. The molecule has 4 rings (SSSR count). The molecule has 1 aromatic heterocycles. The van der Waals surface area contributed by atoms with Gasteiger partial charge in [0.25, 0.3) is 0 Å². The first-order valence-electron chi connectivity index (χ1n) is 7.03. The van der Waals surface area contributed by atoms with Crippen LogP contribution in [-0.2, 0) is 0 Å². The van der Waals surface area contributed by atoms with E-state index in [0.717, 1.165) is 15.8 Å². The van der Waals surface area contributed by atoms with Gasteiger partial charge in [0.15, 0.2) is 5.78 Å². The van der Waals surface area contributed by atoms with Crippen molar-refractivity contribution in [3.63, 3.8) is 0 Å². The van der Waals surface area contributed by atoms with E-state index in [2.05, 4.69) is 4.37 Å². The lowest BCUT2D eigenvalue weighted by Gasteiger charge is -2.19. The summed E-state index contributed by atoms with van der Waals surface area (Å²) in [6, 6.07) is 10.8. The van der Waals surface area contributed by atoms with Crippen LogP contribution in [0.25, 0.3) is 21.3 Å². The molecule has 23 heavy (non-hydrogen) atoms. The van der Waals surface area contributed by atoms with E-state index in [1.165, 1.54) is 16.4 Å². The molecule has 0 radical (unpaired) electrons. The third-order valence-corrected chi connectivity index (χ3v) is 4.62. The molecule has 1 amide bonds. The van der Waals surface area contributed by atoms with E-state index in [9.17, 15) is 9.59 Å². The first-order valence-corrected chi connectivity index (χ1v) is 7.81. The molecular weight excluding hydrogens is 312 g/mol. The third-order valence-electron chi connectivity index (χ3n) is 3.81. The summed E-state index contributed by atoms with van der Waals surface area (Å²) in [6.07, 6.45) is -0.520. The van der Waals surface area contributed by atoms with Crippen LogP contribution in [0.2, 0.25) is 0 Å². The monoisotopic (exact) mass is 324 g/mol. The van der Waals surface area contributed by atoms with Crippen molar-refractivity contribution in [3.8, 4) is 17.0 Å². The van der Waals surface area contributed by atoms with Crippen molar-refractivity contribution in [2.24, 2.45) is 0 Å². The van der Waals surface area contributed by atoms with E-state index in [0.29, 0.717) is 16.7 Å². The van der Waals surface area contributed by atoms with Gasteiger partial charge >= 0.3 is 6.09 Å². The minimum absolute atomic E-state index is 0.138. The first kappa shape index (κ1) is 13.9. The van der Waals surface area contributed by atoms with Crippen LogP contribution < -0.4 is 4.74 Å². The highest BCUT2D eigenvalue weighted by Crippen LogP contribution is 2.43. The number of amides is 1. The highest BCUT2D eigenvalue weighted by molar-refractivity contribution is 7.13. The predicted octanol–water partition coefficient (Wildman–Crippen LogP) is 3.57. The van der Waals surface area contributed by atoms with E-state index < -0.39 is 6.09 Å². The van der Waals surface area contributed by atoms with Crippen LogP contribution >= 0.6 is 11.5 Å². The average Bonchev–Trinajstić information content (AvgIpc) is 2.97. The highest BCUT2D eigenvalue weighted by Gasteiger charge is 2.30. The molecule has 0 aliphatic heterocycles. The van der Waals surface area contributed by atoms with Gasteiger partial charge in [-0.1, -0.05) is 24.3 Å². The van der Waals surface area contributed by atoms with E-state index in [4.69, 9.17) is 4.74 Å². The van der Waals surface area contributed by atoms with Gasteiger partial charge in [0.05, 0.1) is 16.0 Å². The van der Waals surface area contributed by atoms with Gasteiger partial charge in [-0.05, 0) is 23.7 Å². The number of benzene rings is 2. The van der Waals surface area contributed by atoms with Crippen molar-refractivity contribution in [3.05, 3.63) is 47.5 Å². The Bertz CT molecular complexity index is 975. The number of nitrogens with zero attached hydrogens (tertiary/aromatic N) is 2. The molecule has 6 heteroatoms. The van der Waals surface area contributed by atoms with Gasteiger partial charge in [-0.3, -0.25) is 4.79 Å². The van der Waals surface area contributed by atoms with Crippen LogP contribution in [-0.4, -0.2) is 35.2 Å². The van der Waals surface area contributed by atoms with Gasteiger partial charge in [-0.15, -0.1) is 0 Å². The number of hydrogen-bond donors (Lipinski definition) is 0. The maximum atomic E-state index is 12.9. The maximum Gasteiger partial charge on any atom is 0.414 e. The second kappa shape index (κ2) is 4.89. The third kappa shape index (κ3) is 1.95. The summed E-state index contributed by atoms with van der Waals surface area (Å²) in [4.78, 5) is 26.1. The molecule has 0 bridgehead atoms. The lowest BCUT2D eigenvalue weighted by Crippen LogP contribution is -2.26. The Balaban J connectivity index is 1.97. The quantitative estimate of drug-likeness (QED) is 0.537. The summed E-state index contributed by atoms with van der Waals surface area (Å²) in [5.41, 5.74) is 2.49. The summed E-state index contributed by atoms with van der Waals surface area (Å²) >= 11 is 1.36. The summed E-state index contributed by atoms with van der Waals surface area (Å²) < 4.78 is 10.8. The molecule has 0 spiro atoms. The maximum absolute atomic E-state index is 12.9. The number of rotatable bonds is 1. The molecule has 0 unspecified atom stereocenters. The second-order valence-corrected chi connectivity index (χ2v) is 6.29. The number of ketones is 1. The van der Waals surface area contributed by atoms with Gasteiger partial charge in [0, 0.05) is 30.6 Å². The van der Waals surface area contributed by atoms with Gasteiger partial charge < -0.3 is 9.64 Å². The zero-order valence-electron chi connectivity index (χ0n) is 12.5. The zero-order chi connectivity index (χ0) is 16.1. The van der Waals surface area contributed by atoms with Crippen molar-refractivity contribution >= 4 is 33.5 Å². The Morgan fingerprint density at radius 3 is 2.65 bits per heavy atom. The van der Waals surface area contributed by atoms with E-state index in [1.807, 2.05) is 18.2 Å². The molecule has 0 N–H and O–H groups in total. The SMILES string of the molecule is CN(C)C(=O)Oc1cccc2c1C(=O)c1cccc3snc-2c13. The largest absolute Gasteiger partial charge is 0.414 e. The van der Waals surface area contributed by atoms with E-state index >= 15 is 0 Å². The fourth-order valence-electron chi connectivity index (χ4n) is 2.73. The predicted molar refractivity (Wildman–Crippen MR) is 88.2 cm³/mol. The van der Waals surface area contributed by atoms with Crippen molar-refractivity contribution in [2.75, 3.05) is 14.1 Å². The topological polar surface area (TPSA) is 59.5 Å². The summed E-state index contributed by atoms with van der Waals surface area (Å²) in [6.45, 7) is 0. The lowest BCUT2D eigenvalue weighted by molar-refractivity contribution is 0.103. The van der Waals surface area contributed by atoms with Gasteiger partial charge in [-0.25, -0.2) is 4.79 Å². The molecule has 114 valence electrons. The Kier molecular flexibility index (Phi) is 2.96. The van der Waals surface area contributed by atoms with Crippen molar-refractivity contribution in [2.45, 2.75) is 0 Å². The molecular formula is C17H12N2O3S. The van der Waals surface area contributed by atoms with Gasteiger partial charge in [0.1, 0.15) is 5.75 Å². The summed E-state index contributed by atoms with van der Waals surface area (Å²) in [7, 11) is 3.19. The van der Waals surface area contributed by atoms with Crippen LogP contribution in [0.3, 0.4) is 0 Å². The number of ether oxygens (including phenoxy) is 1. The lowest BCUT2D eigenvalue weighted by atomic mass is 9.87. The Morgan fingerprint density at radius 2 is 1.87 bits per heavy atom. The highest BCUT2D eigenvalue weighted by atomic mass is 32.1. The van der Waals surface area contributed by atoms with Crippen molar-refractivity contribution in [1.82, 2.24) is 9.27 Å². The smallest absolute Gasteiger partial charge is 0.409 e. The Labute approximate surface area is 136 Å². The van der Waals surface area contributed by atoms with Crippen LogP contribution in [0.4, 0.5) is 4.79 Å². The molecule has 1 aliphatic carbocycles. The molecule has 1 heterocycles. The van der Waals surface area contributed by atoms with E-state index in [-0.39, 0.29) is 11.5 Å². The molecule has 5 nitrogen and oxygen atoms in total. The number of hydrogen-bond acceptors (Lipinski definition) is 5. The molecule has 0 fully saturated rings. The number of carbonyl (C=O) groups excluding carboxylic acids is 2. The Morgan fingerprint density at radius 1 is 1.13 bits per heavy atom. The van der Waals surface area contributed by atoms with Crippen LogP contribution in [0.5, 0.6) is 5.75 Å². The summed E-state index contributed by atoms with van der Waals surface area (Å²) in [5.74, 6) is 0.127. The average molecular weight is 324 g/mol. The standard InChI is InChI=1S/C17H12N2O3S/c1-19(2)17(21)22-11-7-3-5-9-13(11)16(20)10-6-4-8-12-14(10)15(9)18-23-12/h3-8H,1-2H3. The molecule has 1 aliphatic rings. The Hall–Kier alpha value is -2.73. The molecule has 3 aromatic rings. The van der Waals surface area contributed by atoms with Crippen molar-refractivity contribution < 1.29 is 14.3 Å². The van der Waals surface area contributed by atoms with Gasteiger partial charge in [0.2, 0.25) is 0 Å². The van der Waals surface area contributed by atoms with Crippen LogP contribution in [0.1, 0.15) is 15.9 Å². The van der Waals surface area contributed by atoms with E-state index in [1.54, 1.807) is 32.3 Å². The van der Waals surface area contributed by atoms with Crippen molar-refractivity contribution in [1.29, 1.82) is 0 Å². The van der Waals surface area contributed by atoms with Crippen LogP contribution in [0.15, 0.2) is 36.4 Å². The molecule has 0 saturated carbocycles. The minimum atomic E-state index is -0.520.